The first-order chi connectivity index (χ1) is 7.27. The number of aromatic nitrogens is 1. The summed E-state index contributed by atoms with van der Waals surface area (Å²) in [6, 6.07) is 0.179. The third-order valence-corrected chi connectivity index (χ3v) is 3.82. The molecule has 0 radical (unpaired) electrons. The minimum atomic E-state index is -0.197. The first-order valence-corrected chi connectivity index (χ1v) is 5.86. The van der Waals surface area contributed by atoms with E-state index in [2.05, 4.69) is 23.1 Å². The van der Waals surface area contributed by atoms with Crippen molar-refractivity contribution in [3.05, 3.63) is 23.0 Å². The van der Waals surface area contributed by atoms with E-state index in [4.69, 9.17) is 0 Å². The van der Waals surface area contributed by atoms with Crippen LogP contribution in [0.2, 0.25) is 0 Å². The van der Waals surface area contributed by atoms with Crippen LogP contribution in [-0.4, -0.2) is 22.3 Å². The van der Waals surface area contributed by atoms with Crippen LogP contribution in [0.25, 0.3) is 0 Å². The highest BCUT2D eigenvalue weighted by Crippen LogP contribution is 2.34. The Bertz CT molecular complexity index is 383. The molecule has 3 rings (SSSR count). The van der Waals surface area contributed by atoms with Crippen LogP contribution in [0.15, 0.2) is 6.20 Å². The van der Waals surface area contributed by atoms with E-state index in [-0.39, 0.29) is 12.1 Å². The molecule has 1 fully saturated rings. The van der Waals surface area contributed by atoms with Gasteiger partial charge in [0, 0.05) is 18.9 Å². The van der Waals surface area contributed by atoms with E-state index >= 15 is 0 Å². The van der Waals surface area contributed by atoms with E-state index in [1.807, 2.05) is 0 Å². The van der Waals surface area contributed by atoms with Crippen molar-refractivity contribution in [3.63, 3.8) is 0 Å². The van der Waals surface area contributed by atoms with Crippen LogP contribution < -0.4 is 5.32 Å². The number of nitrogens with one attached hydrogen (secondary N) is 1. The Morgan fingerprint density at radius 3 is 3.07 bits per heavy atom. The molecular formula is C12H18N2O. The van der Waals surface area contributed by atoms with Gasteiger partial charge in [0.05, 0.1) is 12.1 Å². The van der Waals surface area contributed by atoms with Crippen molar-refractivity contribution in [2.45, 2.75) is 37.8 Å². The monoisotopic (exact) mass is 206 g/mol. The molecule has 2 heterocycles. The van der Waals surface area contributed by atoms with E-state index in [9.17, 15) is 5.11 Å². The predicted octanol–water partition coefficient (Wildman–Crippen LogP) is 0.909. The van der Waals surface area contributed by atoms with E-state index in [0.717, 1.165) is 13.0 Å². The van der Waals surface area contributed by atoms with Gasteiger partial charge in [-0.05, 0) is 43.4 Å². The highest BCUT2D eigenvalue weighted by molar-refractivity contribution is 5.38. The second-order valence-electron chi connectivity index (χ2n) is 4.76. The number of rotatable bonds is 1. The minimum Gasteiger partial charge on any atom is -0.391 e. The molecule has 3 nitrogen and oxygen atoms in total. The molecule has 0 saturated carbocycles. The van der Waals surface area contributed by atoms with Gasteiger partial charge in [-0.3, -0.25) is 0 Å². The summed E-state index contributed by atoms with van der Waals surface area (Å²) in [4.78, 5) is 0. The van der Waals surface area contributed by atoms with Gasteiger partial charge in [-0.1, -0.05) is 0 Å². The third-order valence-electron chi connectivity index (χ3n) is 3.82. The molecule has 1 saturated heterocycles. The van der Waals surface area contributed by atoms with Gasteiger partial charge in [0.2, 0.25) is 0 Å². The van der Waals surface area contributed by atoms with Gasteiger partial charge >= 0.3 is 0 Å². The van der Waals surface area contributed by atoms with Crippen LogP contribution in [0.1, 0.15) is 35.7 Å². The molecule has 0 aromatic carbocycles. The molecule has 0 bridgehead atoms. The molecule has 2 atom stereocenters. The summed E-state index contributed by atoms with van der Waals surface area (Å²) in [5.41, 5.74) is 4.32. The van der Waals surface area contributed by atoms with Crippen LogP contribution in [0.3, 0.4) is 0 Å². The zero-order chi connectivity index (χ0) is 10.4. The second kappa shape index (κ2) is 3.35. The summed E-state index contributed by atoms with van der Waals surface area (Å²) >= 11 is 0. The molecule has 2 N–H and O–H groups in total. The lowest BCUT2D eigenvalue weighted by molar-refractivity contribution is 0.160. The molecule has 0 spiro atoms. The van der Waals surface area contributed by atoms with Gasteiger partial charge in [-0.25, -0.2) is 0 Å². The van der Waals surface area contributed by atoms with Crippen LogP contribution >= 0.6 is 0 Å². The van der Waals surface area contributed by atoms with Gasteiger partial charge in [-0.2, -0.15) is 0 Å². The average molecular weight is 206 g/mol. The number of nitrogens with zero attached hydrogens (tertiary/aromatic N) is 1. The largest absolute Gasteiger partial charge is 0.391 e. The van der Waals surface area contributed by atoms with Gasteiger partial charge < -0.3 is 15.0 Å². The zero-order valence-electron chi connectivity index (χ0n) is 9.16. The van der Waals surface area contributed by atoms with Crippen LogP contribution in [-0.2, 0) is 19.9 Å². The number of fused-ring (bicyclic) bond motifs is 1. The number of aliphatic hydroxyl groups excluding tert-OH is 1. The normalized spacial score (nSPS) is 29.7. The topological polar surface area (TPSA) is 37.2 Å². The SMILES string of the molecule is Cn1cc(C2NCCC2O)c2c1CCC2. The molecule has 3 heteroatoms. The molecule has 15 heavy (non-hydrogen) atoms. The highest BCUT2D eigenvalue weighted by Gasteiger charge is 2.31. The average Bonchev–Trinajstić information content (AvgIpc) is 2.85. The Morgan fingerprint density at radius 2 is 2.33 bits per heavy atom. The first-order valence-electron chi connectivity index (χ1n) is 5.86. The Balaban J connectivity index is 2.01. The maximum absolute atomic E-state index is 9.91. The summed E-state index contributed by atoms with van der Waals surface area (Å²) in [6.45, 7) is 0.940. The lowest BCUT2D eigenvalue weighted by atomic mass is 10.0. The van der Waals surface area contributed by atoms with Crippen LogP contribution in [0.5, 0.6) is 0 Å². The molecule has 1 aliphatic carbocycles. The van der Waals surface area contributed by atoms with Crippen molar-refractivity contribution < 1.29 is 5.11 Å². The van der Waals surface area contributed by atoms with Crippen LogP contribution in [0, 0.1) is 0 Å². The summed E-state index contributed by atoms with van der Waals surface area (Å²) in [7, 11) is 2.12. The van der Waals surface area contributed by atoms with Crippen LogP contribution in [0.4, 0.5) is 0 Å². The Labute approximate surface area is 90.1 Å². The summed E-state index contributed by atoms with van der Waals surface area (Å²) < 4.78 is 2.24. The third kappa shape index (κ3) is 1.34. The van der Waals surface area contributed by atoms with Crippen molar-refractivity contribution in [3.8, 4) is 0 Å². The van der Waals surface area contributed by atoms with Crippen molar-refractivity contribution >= 4 is 0 Å². The summed E-state index contributed by atoms with van der Waals surface area (Å²) in [5.74, 6) is 0. The zero-order valence-corrected chi connectivity index (χ0v) is 9.16. The number of hydrogen-bond donors (Lipinski definition) is 2. The fraction of sp³-hybridized carbons (Fsp3) is 0.667. The number of aryl methyl sites for hydroxylation is 1. The number of aliphatic hydroxyl groups is 1. The van der Waals surface area contributed by atoms with Gasteiger partial charge in [-0.15, -0.1) is 0 Å². The maximum atomic E-state index is 9.91. The lowest BCUT2D eigenvalue weighted by Gasteiger charge is -2.14. The van der Waals surface area contributed by atoms with E-state index in [1.165, 1.54) is 36.1 Å². The quantitative estimate of drug-likeness (QED) is 0.716. The highest BCUT2D eigenvalue weighted by atomic mass is 16.3. The number of hydrogen-bond acceptors (Lipinski definition) is 2. The van der Waals surface area contributed by atoms with Crippen molar-refractivity contribution in [1.29, 1.82) is 0 Å². The molecular weight excluding hydrogens is 188 g/mol. The van der Waals surface area contributed by atoms with Crippen molar-refractivity contribution in [1.82, 2.24) is 9.88 Å². The van der Waals surface area contributed by atoms with Crippen molar-refractivity contribution in [2.24, 2.45) is 7.05 Å². The van der Waals surface area contributed by atoms with Gasteiger partial charge in [0.25, 0.3) is 0 Å². The molecule has 0 amide bonds. The molecule has 82 valence electrons. The Morgan fingerprint density at radius 1 is 1.47 bits per heavy atom. The molecule has 2 unspecified atom stereocenters. The molecule has 2 aliphatic rings. The fourth-order valence-corrected chi connectivity index (χ4v) is 3.07. The van der Waals surface area contributed by atoms with E-state index < -0.39 is 0 Å². The summed E-state index contributed by atoms with van der Waals surface area (Å²) in [6.07, 6.45) is 6.56. The minimum absolute atomic E-state index is 0.179. The predicted molar refractivity (Wildman–Crippen MR) is 58.8 cm³/mol. The Kier molecular flexibility index (Phi) is 2.11. The molecule has 1 aliphatic heterocycles. The van der Waals surface area contributed by atoms with Gasteiger partial charge in [0.1, 0.15) is 0 Å². The standard InChI is InChI=1S/C12H18N2O/c1-14-7-9(8-3-2-4-10(8)14)12-11(15)5-6-13-12/h7,11-13,15H,2-6H2,1H3. The second-order valence-corrected chi connectivity index (χ2v) is 4.76. The first kappa shape index (κ1) is 9.43. The lowest BCUT2D eigenvalue weighted by Crippen LogP contribution is -2.21. The fourth-order valence-electron chi connectivity index (χ4n) is 3.07. The molecule has 1 aromatic heterocycles. The summed E-state index contributed by atoms with van der Waals surface area (Å²) in [5, 5.41) is 13.3. The van der Waals surface area contributed by atoms with E-state index in [0.29, 0.717) is 0 Å². The maximum Gasteiger partial charge on any atom is 0.0747 e. The van der Waals surface area contributed by atoms with Gasteiger partial charge in [0.15, 0.2) is 0 Å². The molecule has 1 aromatic rings. The smallest absolute Gasteiger partial charge is 0.0747 e. The van der Waals surface area contributed by atoms with Crippen molar-refractivity contribution in [2.75, 3.05) is 6.54 Å². The Hall–Kier alpha value is -0.800. The van der Waals surface area contributed by atoms with E-state index in [1.54, 1.807) is 0 Å².